The molecular weight excluding hydrogens is 390 g/mol. The molecule has 0 amide bonds. The van der Waals surface area contributed by atoms with Crippen LogP contribution in [0.2, 0.25) is 0 Å². The standard InChI is InChI=1S/C14H9NO9S2/c15-9-7-8(11(17)6-4-2-1-3-5(6)10(7)16)12(18)14(26(22,23)24)13(9)25(19,20)21/h1-4,8H,15H2,(H,19,20,21)(H,22,23,24). The minimum atomic E-state index is -5.50. The predicted octanol–water partition coefficient (Wildman–Crippen LogP) is -0.535. The van der Waals surface area contributed by atoms with Gasteiger partial charge in [-0.05, 0) is 0 Å². The number of carbonyl (C=O) groups is 3. The lowest BCUT2D eigenvalue weighted by atomic mass is 9.73. The van der Waals surface area contributed by atoms with E-state index in [-0.39, 0.29) is 11.1 Å². The summed E-state index contributed by atoms with van der Waals surface area (Å²) in [7, 11) is -10.9. The second-order valence-corrected chi connectivity index (χ2v) is 8.19. The van der Waals surface area contributed by atoms with Crippen molar-refractivity contribution in [1.29, 1.82) is 0 Å². The highest BCUT2D eigenvalue weighted by Gasteiger charge is 2.52. The SMILES string of the molecule is NC1=C2C(=O)c3ccccc3C(=O)C2C(=O)C(S(=O)(=O)O)=C1S(=O)(=O)O. The summed E-state index contributed by atoms with van der Waals surface area (Å²) in [5.74, 6) is -5.66. The van der Waals surface area contributed by atoms with Gasteiger partial charge in [0.1, 0.15) is 10.8 Å². The van der Waals surface area contributed by atoms with Crippen LogP contribution in [0.4, 0.5) is 0 Å². The summed E-state index contributed by atoms with van der Waals surface area (Å²) in [4.78, 5) is 34.4. The van der Waals surface area contributed by atoms with Gasteiger partial charge >= 0.3 is 0 Å². The molecule has 0 spiro atoms. The molecule has 0 saturated heterocycles. The lowest BCUT2D eigenvalue weighted by Gasteiger charge is -2.29. The molecule has 0 saturated carbocycles. The highest BCUT2D eigenvalue weighted by Crippen LogP contribution is 2.41. The number of fused-ring (bicyclic) bond motifs is 2. The summed E-state index contributed by atoms with van der Waals surface area (Å²) in [6.07, 6.45) is 0. The summed E-state index contributed by atoms with van der Waals surface area (Å²) < 4.78 is 64.7. The molecule has 1 atom stereocenters. The van der Waals surface area contributed by atoms with Crippen molar-refractivity contribution in [2.45, 2.75) is 0 Å². The van der Waals surface area contributed by atoms with Gasteiger partial charge in [-0.3, -0.25) is 23.5 Å². The van der Waals surface area contributed by atoms with Gasteiger partial charge in [-0.2, -0.15) is 16.8 Å². The van der Waals surface area contributed by atoms with Crippen LogP contribution in [0.15, 0.2) is 45.3 Å². The first-order valence-corrected chi connectivity index (χ1v) is 9.66. The molecule has 0 heterocycles. The molecule has 2 aliphatic carbocycles. The maximum absolute atomic E-state index is 12.6. The fourth-order valence-electron chi connectivity index (χ4n) is 2.97. The van der Waals surface area contributed by atoms with Crippen LogP contribution in [-0.4, -0.2) is 43.3 Å². The minimum Gasteiger partial charge on any atom is -0.397 e. The third kappa shape index (κ3) is 2.42. The van der Waals surface area contributed by atoms with Gasteiger partial charge in [0.25, 0.3) is 20.2 Å². The van der Waals surface area contributed by atoms with Gasteiger partial charge in [0.15, 0.2) is 22.3 Å². The van der Waals surface area contributed by atoms with Crippen molar-refractivity contribution < 1.29 is 40.3 Å². The van der Waals surface area contributed by atoms with Gasteiger partial charge < -0.3 is 5.73 Å². The Morgan fingerprint density at radius 1 is 0.808 bits per heavy atom. The average Bonchev–Trinajstić information content (AvgIpc) is 2.51. The average molecular weight is 399 g/mol. The Hall–Kier alpha value is -2.67. The molecule has 0 aliphatic heterocycles. The first-order valence-electron chi connectivity index (χ1n) is 6.78. The van der Waals surface area contributed by atoms with E-state index in [9.17, 15) is 40.3 Å². The van der Waals surface area contributed by atoms with Gasteiger partial charge in [0.05, 0.1) is 5.70 Å². The van der Waals surface area contributed by atoms with E-state index >= 15 is 0 Å². The molecule has 1 aromatic carbocycles. The molecule has 26 heavy (non-hydrogen) atoms. The number of Topliss-reactive ketones (excluding diaryl/α,β-unsaturated/α-hetero) is 3. The third-order valence-electron chi connectivity index (χ3n) is 3.98. The van der Waals surface area contributed by atoms with E-state index in [1.165, 1.54) is 24.3 Å². The fourth-order valence-corrected chi connectivity index (χ4v) is 5.05. The molecule has 3 rings (SSSR count). The van der Waals surface area contributed by atoms with Crippen molar-refractivity contribution in [3.63, 3.8) is 0 Å². The molecule has 1 aromatic rings. The molecule has 0 radical (unpaired) electrons. The van der Waals surface area contributed by atoms with Gasteiger partial charge in [-0.25, -0.2) is 0 Å². The van der Waals surface area contributed by atoms with Crippen molar-refractivity contribution >= 4 is 37.6 Å². The largest absolute Gasteiger partial charge is 0.397 e. The summed E-state index contributed by atoms with van der Waals surface area (Å²) >= 11 is 0. The summed E-state index contributed by atoms with van der Waals surface area (Å²) in [6.45, 7) is 0. The highest BCUT2D eigenvalue weighted by molar-refractivity contribution is 7.94. The molecule has 0 fully saturated rings. The van der Waals surface area contributed by atoms with Crippen LogP contribution >= 0.6 is 0 Å². The Morgan fingerprint density at radius 2 is 1.31 bits per heavy atom. The number of hydrogen-bond acceptors (Lipinski definition) is 8. The molecule has 4 N–H and O–H groups in total. The van der Waals surface area contributed by atoms with Crippen molar-refractivity contribution in [2.75, 3.05) is 0 Å². The van der Waals surface area contributed by atoms with E-state index in [0.29, 0.717) is 0 Å². The number of hydrogen-bond donors (Lipinski definition) is 3. The molecule has 12 heteroatoms. The number of nitrogens with two attached hydrogens (primary N) is 1. The van der Waals surface area contributed by atoms with Crippen LogP contribution < -0.4 is 5.73 Å². The molecule has 0 aromatic heterocycles. The lowest BCUT2D eigenvalue weighted by Crippen LogP contribution is -2.43. The second-order valence-electron chi connectivity index (χ2n) is 5.47. The van der Waals surface area contributed by atoms with Crippen LogP contribution in [0.1, 0.15) is 20.7 Å². The van der Waals surface area contributed by atoms with Crippen LogP contribution in [0.3, 0.4) is 0 Å². The zero-order valence-electron chi connectivity index (χ0n) is 12.5. The summed E-state index contributed by atoms with van der Waals surface area (Å²) in [6, 6.07) is 5.28. The Bertz CT molecular complexity index is 1190. The van der Waals surface area contributed by atoms with Crippen molar-refractivity contribution in [1.82, 2.24) is 0 Å². The van der Waals surface area contributed by atoms with Gasteiger partial charge in [0, 0.05) is 16.7 Å². The van der Waals surface area contributed by atoms with E-state index in [1.807, 2.05) is 0 Å². The molecule has 0 bridgehead atoms. The van der Waals surface area contributed by atoms with E-state index in [1.54, 1.807) is 0 Å². The number of allylic oxidation sites excluding steroid dienone is 2. The van der Waals surface area contributed by atoms with Gasteiger partial charge in [0.2, 0.25) is 0 Å². The second kappa shape index (κ2) is 5.41. The topological polar surface area (TPSA) is 186 Å². The van der Waals surface area contributed by atoms with E-state index in [0.717, 1.165) is 0 Å². The lowest BCUT2D eigenvalue weighted by molar-refractivity contribution is -0.116. The Balaban J connectivity index is 2.49. The smallest absolute Gasteiger partial charge is 0.299 e. The van der Waals surface area contributed by atoms with Crippen LogP contribution in [0.5, 0.6) is 0 Å². The first-order chi connectivity index (χ1) is 11.9. The zero-order valence-corrected chi connectivity index (χ0v) is 14.2. The molecule has 136 valence electrons. The molecule has 10 nitrogen and oxygen atoms in total. The maximum Gasteiger partial charge on any atom is 0.299 e. The Morgan fingerprint density at radius 3 is 1.81 bits per heavy atom. The minimum absolute atomic E-state index is 0.163. The first kappa shape index (κ1) is 18.1. The van der Waals surface area contributed by atoms with Crippen LogP contribution in [-0.2, 0) is 25.0 Å². The normalized spacial score (nSPS) is 21.0. The monoisotopic (exact) mass is 399 g/mol. The predicted molar refractivity (Wildman–Crippen MR) is 84.9 cm³/mol. The molecular formula is C14H9NO9S2. The van der Waals surface area contributed by atoms with Crippen LogP contribution in [0, 0.1) is 5.92 Å². The van der Waals surface area contributed by atoms with E-state index in [4.69, 9.17) is 5.73 Å². The fraction of sp³-hybridized carbons (Fsp3) is 0.0714. The van der Waals surface area contributed by atoms with E-state index < -0.39 is 64.6 Å². The zero-order chi connectivity index (χ0) is 19.6. The van der Waals surface area contributed by atoms with Crippen molar-refractivity contribution in [2.24, 2.45) is 11.7 Å². The summed E-state index contributed by atoms with van der Waals surface area (Å²) in [5, 5.41) is 0. The van der Waals surface area contributed by atoms with Crippen molar-refractivity contribution in [3.8, 4) is 0 Å². The van der Waals surface area contributed by atoms with E-state index in [2.05, 4.69) is 0 Å². The quantitative estimate of drug-likeness (QED) is 0.431. The van der Waals surface area contributed by atoms with Gasteiger partial charge in [-0.1, -0.05) is 24.3 Å². The number of carbonyl (C=O) groups excluding carboxylic acids is 3. The van der Waals surface area contributed by atoms with Crippen LogP contribution in [0.25, 0.3) is 0 Å². The van der Waals surface area contributed by atoms with Crippen molar-refractivity contribution in [3.05, 3.63) is 56.5 Å². The summed E-state index contributed by atoms with van der Waals surface area (Å²) in [5.41, 5.74) is 3.36. The number of rotatable bonds is 2. The Kier molecular flexibility index (Phi) is 3.77. The molecule has 2 aliphatic rings. The Labute approximate surface area is 146 Å². The van der Waals surface area contributed by atoms with Gasteiger partial charge in [-0.15, -0.1) is 0 Å². The third-order valence-corrected chi connectivity index (χ3v) is 5.97. The maximum atomic E-state index is 12.6. The highest BCUT2D eigenvalue weighted by atomic mass is 32.2. The number of ketones is 3. The number of benzene rings is 1. The molecule has 1 unspecified atom stereocenters.